The smallest absolute Gasteiger partial charge is 0.309 e. The number of hydrogen-bond donors (Lipinski definition) is 2. The number of rotatable bonds is 0. The molecule has 5 nitrogen and oxygen atoms in total. The van der Waals surface area contributed by atoms with Crippen LogP contribution in [0.1, 0.15) is 0 Å². The van der Waals surface area contributed by atoms with Gasteiger partial charge in [-0.15, -0.1) is 0 Å². The van der Waals surface area contributed by atoms with Gasteiger partial charge in [0.1, 0.15) is 6.04 Å². The number of carbonyl (C=O) groups excluding carboxylic acids is 2. The summed E-state index contributed by atoms with van der Waals surface area (Å²) in [6.07, 6.45) is 0. The molecule has 12 heavy (non-hydrogen) atoms. The Morgan fingerprint density at radius 3 is 3.08 bits per heavy atom. The van der Waals surface area contributed by atoms with Crippen molar-refractivity contribution in [1.82, 2.24) is 14.9 Å². The molecule has 1 fully saturated rings. The lowest BCUT2D eigenvalue weighted by Gasteiger charge is -2.27. The molecule has 1 unspecified atom stereocenters. The van der Waals surface area contributed by atoms with Crippen LogP contribution in [0.25, 0.3) is 0 Å². The first-order valence-electron chi connectivity index (χ1n) is 3.40. The lowest BCUT2D eigenvalue weighted by atomic mass is 10.2. The number of amides is 3. The van der Waals surface area contributed by atoms with Gasteiger partial charge in [0.2, 0.25) is 0 Å². The summed E-state index contributed by atoms with van der Waals surface area (Å²) in [6.45, 7) is 0. The number of likely N-dealkylation sites (N-methyl/N-ethyl adjacent to an activating group) is 1. The van der Waals surface area contributed by atoms with Gasteiger partial charge in [0.25, 0.3) is 5.91 Å². The van der Waals surface area contributed by atoms with E-state index < -0.39 is 0 Å². The third-order valence-corrected chi connectivity index (χ3v) is 2.56. The first-order valence-corrected chi connectivity index (χ1v) is 4.28. The van der Waals surface area contributed by atoms with Crippen LogP contribution < -0.4 is 10.0 Å². The van der Waals surface area contributed by atoms with Crippen molar-refractivity contribution < 1.29 is 9.59 Å². The summed E-state index contributed by atoms with van der Waals surface area (Å²) < 4.78 is 2.88. The van der Waals surface area contributed by atoms with Gasteiger partial charge in [-0.2, -0.15) is 0 Å². The molecule has 0 radical (unpaired) electrons. The van der Waals surface area contributed by atoms with Crippen molar-refractivity contribution in [3.8, 4) is 0 Å². The van der Waals surface area contributed by atoms with Crippen LogP contribution in [0.2, 0.25) is 0 Å². The number of imide groups is 1. The molecule has 0 aliphatic carbocycles. The maximum absolute atomic E-state index is 11.4. The van der Waals surface area contributed by atoms with Gasteiger partial charge in [-0.05, 0) is 0 Å². The van der Waals surface area contributed by atoms with E-state index in [0.29, 0.717) is 5.70 Å². The summed E-state index contributed by atoms with van der Waals surface area (Å²) in [5, 5.41) is 4.33. The van der Waals surface area contributed by atoms with Gasteiger partial charge in [0.15, 0.2) is 0 Å². The minimum absolute atomic E-state index is 0.213. The van der Waals surface area contributed by atoms with Gasteiger partial charge in [0, 0.05) is 12.5 Å². The van der Waals surface area contributed by atoms with Gasteiger partial charge in [-0.1, -0.05) is 11.9 Å². The van der Waals surface area contributed by atoms with E-state index in [1.54, 1.807) is 5.41 Å². The fourth-order valence-electron chi connectivity index (χ4n) is 1.08. The summed E-state index contributed by atoms with van der Waals surface area (Å²) in [7, 11) is 1.46. The lowest BCUT2D eigenvalue weighted by molar-refractivity contribution is -0.128. The molecule has 0 aromatic carbocycles. The van der Waals surface area contributed by atoms with Crippen molar-refractivity contribution in [3.05, 3.63) is 11.1 Å². The highest BCUT2D eigenvalue weighted by Gasteiger charge is 2.37. The Kier molecular flexibility index (Phi) is 1.59. The molecule has 2 aliphatic rings. The molecule has 1 atom stereocenters. The zero-order valence-corrected chi connectivity index (χ0v) is 7.14. The first kappa shape index (κ1) is 7.63. The number of carbonyl (C=O) groups is 2. The molecule has 0 aromatic heterocycles. The third kappa shape index (κ3) is 0.919. The number of hydrogen-bond acceptors (Lipinski definition) is 4. The molecule has 2 rings (SSSR count). The number of urea groups is 1. The Balaban J connectivity index is 2.30. The Hall–Kier alpha value is -1.01. The molecule has 6 heteroatoms. The van der Waals surface area contributed by atoms with E-state index in [4.69, 9.17) is 0 Å². The monoisotopic (exact) mass is 185 g/mol. The standard InChI is InChI=1S/C6H7N3O2S/c1-9-5(10)4-3(2-12-8-4)7-6(9)11/h2,4,8H,1H3,(H,7,11). The van der Waals surface area contributed by atoms with E-state index >= 15 is 0 Å². The predicted octanol–water partition coefficient (Wildman–Crippen LogP) is -0.371. The van der Waals surface area contributed by atoms with Crippen LogP contribution in [-0.2, 0) is 4.79 Å². The van der Waals surface area contributed by atoms with Crippen LogP contribution in [-0.4, -0.2) is 29.9 Å². The molecule has 0 bridgehead atoms. The van der Waals surface area contributed by atoms with Crippen molar-refractivity contribution in [1.29, 1.82) is 0 Å². The zero-order valence-electron chi connectivity index (χ0n) is 6.33. The van der Waals surface area contributed by atoms with Crippen LogP contribution >= 0.6 is 11.9 Å². The first-order chi connectivity index (χ1) is 5.70. The SMILES string of the molecule is CN1C(=O)NC2=CSNC2C1=O. The van der Waals surface area contributed by atoms with Crippen LogP contribution in [0.15, 0.2) is 11.1 Å². The number of fused-ring (bicyclic) bond motifs is 1. The van der Waals surface area contributed by atoms with Crippen molar-refractivity contribution in [2.45, 2.75) is 6.04 Å². The average molecular weight is 185 g/mol. The normalized spacial score (nSPS) is 28.2. The minimum atomic E-state index is -0.377. The Bertz CT molecular complexity index is 289. The van der Waals surface area contributed by atoms with E-state index in [0.717, 1.165) is 4.90 Å². The van der Waals surface area contributed by atoms with Crippen LogP contribution in [0.4, 0.5) is 4.79 Å². The Labute approximate surface area is 73.3 Å². The number of nitrogens with zero attached hydrogens (tertiary/aromatic N) is 1. The molecule has 2 aliphatic heterocycles. The summed E-state index contributed by atoms with van der Waals surface area (Å²) >= 11 is 1.31. The molecule has 0 aromatic rings. The maximum atomic E-state index is 11.4. The van der Waals surface area contributed by atoms with E-state index in [-0.39, 0.29) is 18.0 Å². The highest BCUT2D eigenvalue weighted by Crippen LogP contribution is 2.21. The third-order valence-electron chi connectivity index (χ3n) is 1.82. The van der Waals surface area contributed by atoms with Crippen LogP contribution in [0.5, 0.6) is 0 Å². The second-order valence-corrected chi connectivity index (χ2v) is 3.28. The molecular formula is C6H7N3O2S. The van der Waals surface area contributed by atoms with Gasteiger partial charge in [0.05, 0.1) is 5.70 Å². The maximum Gasteiger partial charge on any atom is 0.328 e. The Morgan fingerprint density at radius 1 is 1.58 bits per heavy atom. The summed E-state index contributed by atoms with van der Waals surface area (Å²) in [4.78, 5) is 23.5. The molecule has 3 amide bonds. The van der Waals surface area contributed by atoms with E-state index in [1.807, 2.05) is 0 Å². The largest absolute Gasteiger partial charge is 0.328 e. The molecule has 2 heterocycles. The van der Waals surface area contributed by atoms with Gasteiger partial charge in [-0.3, -0.25) is 9.69 Å². The van der Waals surface area contributed by atoms with Crippen molar-refractivity contribution in [3.63, 3.8) is 0 Å². The minimum Gasteiger partial charge on any atom is -0.309 e. The van der Waals surface area contributed by atoms with E-state index in [2.05, 4.69) is 10.0 Å². The fraction of sp³-hybridized carbons (Fsp3) is 0.333. The lowest BCUT2D eigenvalue weighted by Crippen LogP contribution is -2.56. The predicted molar refractivity (Wildman–Crippen MR) is 43.9 cm³/mol. The summed E-state index contributed by atoms with van der Waals surface area (Å²) in [6, 6.07) is -0.746. The molecule has 0 saturated carbocycles. The van der Waals surface area contributed by atoms with Gasteiger partial charge < -0.3 is 5.32 Å². The van der Waals surface area contributed by atoms with E-state index in [1.165, 1.54) is 19.0 Å². The summed E-state index contributed by atoms with van der Waals surface area (Å²) in [5.41, 5.74) is 0.646. The van der Waals surface area contributed by atoms with E-state index in [9.17, 15) is 9.59 Å². The van der Waals surface area contributed by atoms with Crippen molar-refractivity contribution >= 4 is 23.9 Å². The second-order valence-electron chi connectivity index (χ2n) is 2.57. The molecule has 0 spiro atoms. The van der Waals surface area contributed by atoms with Crippen LogP contribution in [0.3, 0.4) is 0 Å². The number of nitrogens with one attached hydrogen (secondary N) is 2. The topological polar surface area (TPSA) is 61.4 Å². The highest BCUT2D eigenvalue weighted by atomic mass is 32.2. The van der Waals surface area contributed by atoms with Crippen molar-refractivity contribution in [2.24, 2.45) is 0 Å². The molecule has 2 N–H and O–H groups in total. The highest BCUT2D eigenvalue weighted by molar-refractivity contribution is 8.00. The van der Waals surface area contributed by atoms with Crippen LogP contribution in [0, 0.1) is 0 Å². The van der Waals surface area contributed by atoms with Crippen molar-refractivity contribution in [2.75, 3.05) is 7.05 Å². The second kappa shape index (κ2) is 2.49. The quantitative estimate of drug-likeness (QED) is 0.505. The van der Waals surface area contributed by atoms with Gasteiger partial charge in [-0.25, -0.2) is 9.52 Å². The fourth-order valence-corrected chi connectivity index (χ4v) is 1.84. The molecule has 64 valence electrons. The molecule has 1 saturated heterocycles. The zero-order chi connectivity index (χ0) is 8.72. The summed E-state index contributed by atoms with van der Waals surface area (Å²) in [5.74, 6) is -0.213. The molecular weight excluding hydrogens is 178 g/mol. The average Bonchev–Trinajstić information content (AvgIpc) is 2.48. The van der Waals surface area contributed by atoms with Gasteiger partial charge >= 0.3 is 6.03 Å². The Morgan fingerprint density at radius 2 is 2.33 bits per heavy atom.